The van der Waals surface area contributed by atoms with Gasteiger partial charge >= 0.3 is 0 Å². The molecule has 0 bridgehead atoms. The molecule has 6 nitrogen and oxygen atoms in total. The Hall–Kier alpha value is -2.08. The highest BCUT2D eigenvalue weighted by Crippen LogP contribution is 2.19. The molecule has 1 aromatic carbocycles. The highest BCUT2D eigenvalue weighted by Gasteiger charge is 2.20. The van der Waals surface area contributed by atoms with Crippen molar-refractivity contribution in [1.29, 1.82) is 0 Å². The van der Waals surface area contributed by atoms with Crippen molar-refractivity contribution in [3.05, 3.63) is 29.8 Å². The molecule has 1 aliphatic rings. The normalized spacial score (nSPS) is 14.9. The zero-order valence-electron chi connectivity index (χ0n) is 19.7. The summed E-state index contributed by atoms with van der Waals surface area (Å²) >= 11 is 0. The summed E-state index contributed by atoms with van der Waals surface area (Å²) in [5.41, 5.74) is 1.30. The number of nitrogens with one attached hydrogen (secondary N) is 1. The van der Waals surface area contributed by atoms with E-state index in [0.717, 1.165) is 70.7 Å². The maximum atomic E-state index is 12.3. The van der Waals surface area contributed by atoms with Crippen LogP contribution in [-0.2, 0) is 16.1 Å². The van der Waals surface area contributed by atoms with E-state index in [4.69, 9.17) is 4.74 Å². The number of nitrogens with zero attached hydrogens (tertiary/aromatic N) is 2. The van der Waals surface area contributed by atoms with E-state index in [-0.39, 0.29) is 11.8 Å². The van der Waals surface area contributed by atoms with Gasteiger partial charge in [0.2, 0.25) is 11.8 Å². The molecule has 1 saturated heterocycles. The highest BCUT2D eigenvalue weighted by atomic mass is 16.5. The van der Waals surface area contributed by atoms with Crippen molar-refractivity contribution in [3.63, 3.8) is 0 Å². The van der Waals surface area contributed by atoms with Gasteiger partial charge in [0.25, 0.3) is 0 Å². The zero-order chi connectivity index (χ0) is 22.5. The van der Waals surface area contributed by atoms with Gasteiger partial charge in [0, 0.05) is 39.0 Å². The van der Waals surface area contributed by atoms with Gasteiger partial charge in [-0.1, -0.05) is 26.0 Å². The average Bonchev–Trinajstić information content (AvgIpc) is 2.79. The van der Waals surface area contributed by atoms with E-state index < -0.39 is 0 Å². The molecule has 31 heavy (non-hydrogen) atoms. The molecule has 0 radical (unpaired) electrons. The Morgan fingerprint density at radius 3 is 2.29 bits per heavy atom. The number of carbonyl (C=O) groups is 2. The largest absolute Gasteiger partial charge is 0.497 e. The van der Waals surface area contributed by atoms with Gasteiger partial charge in [0.1, 0.15) is 5.75 Å². The first-order valence-electron chi connectivity index (χ1n) is 11.9. The van der Waals surface area contributed by atoms with E-state index in [1.54, 1.807) is 7.11 Å². The van der Waals surface area contributed by atoms with Gasteiger partial charge in [-0.05, 0) is 68.8 Å². The van der Waals surface area contributed by atoms with Crippen molar-refractivity contribution in [2.75, 3.05) is 39.8 Å². The molecule has 0 aromatic heterocycles. The maximum Gasteiger partial charge on any atom is 0.222 e. The van der Waals surface area contributed by atoms with Crippen molar-refractivity contribution in [2.24, 2.45) is 5.92 Å². The van der Waals surface area contributed by atoms with Gasteiger partial charge in [-0.2, -0.15) is 0 Å². The van der Waals surface area contributed by atoms with Crippen molar-refractivity contribution < 1.29 is 14.3 Å². The number of ether oxygens (including phenoxy) is 1. The molecule has 2 amide bonds. The molecule has 2 rings (SSSR count). The number of rotatable bonds is 13. The number of carbonyl (C=O) groups excluding carboxylic acids is 2. The summed E-state index contributed by atoms with van der Waals surface area (Å²) in [6.07, 6.45) is 5.71. The second-order valence-electron chi connectivity index (χ2n) is 8.61. The smallest absolute Gasteiger partial charge is 0.222 e. The molecule has 0 aliphatic carbocycles. The predicted octanol–water partition coefficient (Wildman–Crippen LogP) is 3.84. The molecule has 6 heteroatoms. The second kappa shape index (κ2) is 14.1. The van der Waals surface area contributed by atoms with Crippen LogP contribution in [0.1, 0.15) is 64.4 Å². The highest BCUT2D eigenvalue weighted by molar-refractivity contribution is 5.78. The van der Waals surface area contributed by atoms with Crippen molar-refractivity contribution in [1.82, 2.24) is 15.1 Å². The van der Waals surface area contributed by atoms with Crippen LogP contribution in [0.25, 0.3) is 0 Å². The fourth-order valence-electron chi connectivity index (χ4n) is 4.14. The molecule has 1 fully saturated rings. The van der Waals surface area contributed by atoms with Crippen LogP contribution in [-0.4, -0.2) is 61.4 Å². The number of methoxy groups -OCH3 is 1. The third-order valence-corrected chi connectivity index (χ3v) is 5.99. The minimum absolute atomic E-state index is 0.0750. The van der Waals surface area contributed by atoms with Crippen LogP contribution in [0, 0.1) is 5.92 Å². The van der Waals surface area contributed by atoms with E-state index in [1.807, 2.05) is 17.0 Å². The molecule has 174 valence electrons. The van der Waals surface area contributed by atoms with E-state index >= 15 is 0 Å². The van der Waals surface area contributed by atoms with E-state index in [0.29, 0.717) is 25.2 Å². The molecule has 0 unspecified atom stereocenters. The minimum Gasteiger partial charge on any atom is -0.497 e. The number of benzene rings is 1. The van der Waals surface area contributed by atoms with E-state index in [2.05, 4.69) is 36.2 Å². The minimum atomic E-state index is 0.0750. The first kappa shape index (κ1) is 25.2. The quantitative estimate of drug-likeness (QED) is 0.515. The summed E-state index contributed by atoms with van der Waals surface area (Å²) < 4.78 is 5.22. The molecular formula is C25H41N3O3. The summed E-state index contributed by atoms with van der Waals surface area (Å²) in [6.45, 7) is 9.65. The van der Waals surface area contributed by atoms with Crippen LogP contribution < -0.4 is 10.1 Å². The van der Waals surface area contributed by atoms with Crippen molar-refractivity contribution >= 4 is 11.8 Å². The van der Waals surface area contributed by atoms with Crippen LogP contribution in [0.3, 0.4) is 0 Å². The number of hydrogen-bond acceptors (Lipinski definition) is 4. The number of amides is 2. The lowest BCUT2D eigenvalue weighted by Crippen LogP contribution is -2.38. The first-order chi connectivity index (χ1) is 15.0. The standard InChI is InChI=1S/C25H41N3O3/c1-4-15-28(16-5-2)25(30)8-6-7-24(29)26-19-21-13-17-27(18-14-21)20-22-9-11-23(31-3)12-10-22/h9-12,21H,4-8,13-20H2,1-3H3,(H,26,29). The molecule has 0 spiro atoms. The topological polar surface area (TPSA) is 61.9 Å². The maximum absolute atomic E-state index is 12.3. The molecule has 1 N–H and O–H groups in total. The molecule has 0 saturated carbocycles. The van der Waals surface area contributed by atoms with Crippen molar-refractivity contribution in [3.8, 4) is 5.75 Å². The Bertz CT molecular complexity index is 648. The SMILES string of the molecule is CCCN(CCC)C(=O)CCCC(=O)NCC1CCN(Cc2ccc(OC)cc2)CC1. The molecular weight excluding hydrogens is 390 g/mol. The Morgan fingerprint density at radius 2 is 1.71 bits per heavy atom. The summed E-state index contributed by atoms with van der Waals surface area (Å²) in [5.74, 6) is 1.69. The lowest BCUT2D eigenvalue weighted by Gasteiger charge is -2.32. The predicted molar refractivity (Wildman–Crippen MR) is 125 cm³/mol. The van der Waals surface area contributed by atoms with E-state index in [9.17, 15) is 9.59 Å². The Morgan fingerprint density at radius 1 is 1.06 bits per heavy atom. The van der Waals surface area contributed by atoms with Crippen LogP contribution in [0.2, 0.25) is 0 Å². The van der Waals surface area contributed by atoms with Gasteiger partial charge in [-0.15, -0.1) is 0 Å². The van der Waals surface area contributed by atoms with Gasteiger partial charge in [0.05, 0.1) is 7.11 Å². The van der Waals surface area contributed by atoms with Gasteiger partial charge < -0.3 is 15.0 Å². The average molecular weight is 432 g/mol. The molecule has 1 aliphatic heterocycles. The van der Waals surface area contributed by atoms with Gasteiger partial charge in [-0.25, -0.2) is 0 Å². The lowest BCUT2D eigenvalue weighted by atomic mass is 9.96. The van der Waals surface area contributed by atoms with E-state index in [1.165, 1.54) is 5.56 Å². The molecule has 0 atom stereocenters. The van der Waals surface area contributed by atoms with Crippen molar-refractivity contribution in [2.45, 2.75) is 65.3 Å². The second-order valence-corrected chi connectivity index (χ2v) is 8.61. The Labute approximate surface area is 188 Å². The third kappa shape index (κ3) is 9.30. The number of piperidine rings is 1. The molecule has 1 aromatic rings. The molecule has 1 heterocycles. The zero-order valence-corrected chi connectivity index (χ0v) is 19.7. The number of likely N-dealkylation sites (tertiary alicyclic amines) is 1. The van der Waals surface area contributed by atoms with Crippen LogP contribution >= 0.6 is 0 Å². The lowest BCUT2D eigenvalue weighted by molar-refractivity contribution is -0.131. The van der Waals surface area contributed by atoms with Crippen LogP contribution in [0.5, 0.6) is 5.75 Å². The first-order valence-corrected chi connectivity index (χ1v) is 11.9. The summed E-state index contributed by atoms with van der Waals surface area (Å²) in [5, 5.41) is 3.09. The van der Waals surface area contributed by atoms with Crippen LogP contribution in [0.15, 0.2) is 24.3 Å². The van der Waals surface area contributed by atoms with Crippen LogP contribution in [0.4, 0.5) is 0 Å². The monoisotopic (exact) mass is 431 g/mol. The summed E-state index contributed by atoms with van der Waals surface area (Å²) in [4.78, 5) is 28.9. The third-order valence-electron chi connectivity index (χ3n) is 5.99. The Kier molecular flexibility index (Phi) is 11.4. The summed E-state index contributed by atoms with van der Waals surface area (Å²) in [6, 6.07) is 8.27. The van der Waals surface area contributed by atoms with Gasteiger partial charge in [0.15, 0.2) is 0 Å². The number of hydrogen-bond donors (Lipinski definition) is 1. The van der Waals surface area contributed by atoms with Gasteiger partial charge in [-0.3, -0.25) is 14.5 Å². The fraction of sp³-hybridized carbons (Fsp3) is 0.680. The Balaban J connectivity index is 1.59. The summed E-state index contributed by atoms with van der Waals surface area (Å²) in [7, 11) is 1.69. The fourth-order valence-corrected chi connectivity index (χ4v) is 4.14.